The van der Waals surface area contributed by atoms with Crippen LogP contribution in [0, 0.1) is 11.2 Å². The molecule has 1 aliphatic heterocycles. The van der Waals surface area contributed by atoms with Gasteiger partial charge in [0.15, 0.2) is 16.1 Å². The molecule has 130 valence electrons. The molecule has 6 nitrogen and oxygen atoms in total. The maximum atomic E-state index is 14.4. The van der Waals surface area contributed by atoms with Crippen molar-refractivity contribution in [2.24, 2.45) is 5.41 Å². The zero-order chi connectivity index (χ0) is 17.5. The molecule has 24 heavy (non-hydrogen) atoms. The van der Waals surface area contributed by atoms with E-state index in [0.29, 0.717) is 36.1 Å². The van der Waals surface area contributed by atoms with Crippen LogP contribution in [-0.4, -0.2) is 59.7 Å². The van der Waals surface area contributed by atoms with Crippen molar-refractivity contribution in [3.05, 3.63) is 16.1 Å². The summed E-state index contributed by atoms with van der Waals surface area (Å²) in [4.78, 5) is 14.3. The number of rotatable bonds is 5. The Morgan fingerprint density at radius 1 is 1.29 bits per heavy atom. The fourth-order valence-corrected chi connectivity index (χ4v) is 3.47. The molecule has 0 atom stereocenters. The number of ether oxygens (including phenoxy) is 1. The van der Waals surface area contributed by atoms with Crippen molar-refractivity contribution in [2.75, 3.05) is 44.6 Å². The van der Waals surface area contributed by atoms with E-state index in [1.807, 2.05) is 4.90 Å². The van der Waals surface area contributed by atoms with Gasteiger partial charge in [0, 0.05) is 13.6 Å². The summed E-state index contributed by atoms with van der Waals surface area (Å²) in [6, 6.07) is 0. The Hall–Kier alpha value is -0.930. The lowest BCUT2D eigenvalue weighted by Gasteiger charge is -2.42. The predicted molar refractivity (Wildman–Crippen MR) is 92.7 cm³/mol. The van der Waals surface area contributed by atoms with Gasteiger partial charge >= 0.3 is 0 Å². The van der Waals surface area contributed by atoms with Crippen LogP contribution >= 0.6 is 35.0 Å². The second-order valence-electron chi connectivity index (χ2n) is 5.77. The van der Waals surface area contributed by atoms with E-state index in [1.165, 1.54) is 11.8 Å². The monoisotopic (exact) mass is 392 g/mol. The average Bonchev–Trinajstić information content (AvgIpc) is 2.54. The lowest BCUT2D eigenvalue weighted by atomic mass is 9.86. The normalized spacial score (nSPS) is 16.2. The van der Waals surface area contributed by atoms with E-state index in [-0.39, 0.29) is 27.8 Å². The van der Waals surface area contributed by atoms with E-state index in [1.54, 1.807) is 13.3 Å². The zero-order valence-electron chi connectivity index (χ0n) is 13.0. The SMILES string of the molecule is CSc1nc(N(C)CC2(CO)COC2)c2c(Cl)nc(Cl)c(F)c2n1. The van der Waals surface area contributed by atoms with Gasteiger partial charge in [-0.2, -0.15) is 0 Å². The van der Waals surface area contributed by atoms with Gasteiger partial charge < -0.3 is 14.7 Å². The van der Waals surface area contributed by atoms with E-state index >= 15 is 0 Å². The number of fused-ring (bicyclic) bond motifs is 1. The number of pyridine rings is 1. The van der Waals surface area contributed by atoms with Crippen LogP contribution in [-0.2, 0) is 4.74 Å². The molecule has 0 aromatic carbocycles. The largest absolute Gasteiger partial charge is 0.396 e. The molecule has 1 aliphatic rings. The first-order chi connectivity index (χ1) is 11.4. The van der Waals surface area contributed by atoms with Crippen molar-refractivity contribution in [1.82, 2.24) is 15.0 Å². The van der Waals surface area contributed by atoms with Gasteiger partial charge in [-0.3, -0.25) is 0 Å². The van der Waals surface area contributed by atoms with Crippen LogP contribution in [0.1, 0.15) is 0 Å². The molecule has 1 fully saturated rings. The van der Waals surface area contributed by atoms with E-state index in [9.17, 15) is 9.50 Å². The van der Waals surface area contributed by atoms with Gasteiger partial charge in [-0.1, -0.05) is 35.0 Å². The van der Waals surface area contributed by atoms with Crippen molar-refractivity contribution in [3.8, 4) is 0 Å². The Labute approximate surface area is 152 Å². The molecule has 0 radical (unpaired) electrons. The average molecular weight is 393 g/mol. The first-order valence-electron chi connectivity index (χ1n) is 7.07. The standard InChI is InChI=1S/C14H15Cl2FN4O2S/c1-21(3-14(4-22)5-23-6-14)12-7-9(18-13(20-12)24-2)8(17)11(16)19-10(7)15/h22H,3-6H2,1-2H3. The number of nitrogens with zero attached hydrogens (tertiary/aromatic N) is 4. The van der Waals surface area contributed by atoms with E-state index in [0.717, 1.165) is 0 Å². The van der Waals surface area contributed by atoms with Gasteiger partial charge in [0.1, 0.15) is 16.5 Å². The summed E-state index contributed by atoms with van der Waals surface area (Å²) in [6.07, 6.45) is 1.79. The van der Waals surface area contributed by atoms with Gasteiger partial charge in [0.05, 0.1) is 30.6 Å². The van der Waals surface area contributed by atoms with Crippen LogP contribution in [0.5, 0.6) is 0 Å². The smallest absolute Gasteiger partial charge is 0.189 e. The Morgan fingerprint density at radius 2 is 2.00 bits per heavy atom. The van der Waals surface area contributed by atoms with E-state index in [4.69, 9.17) is 27.9 Å². The number of hydrogen-bond donors (Lipinski definition) is 1. The quantitative estimate of drug-likeness (QED) is 0.476. The molecular weight excluding hydrogens is 378 g/mol. The van der Waals surface area contributed by atoms with Crippen molar-refractivity contribution < 1.29 is 14.2 Å². The van der Waals surface area contributed by atoms with Crippen LogP contribution in [0.3, 0.4) is 0 Å². The molecule has 3 rings (SSSR count). The molecule has 3 heterocycles. The van der Waals surface area contributed by atoms with Crippen LogP contribution in [0.4, 0.5) is 10.2 Å². The molecule has 1 N–H and O–H groups in total. The van der Waals surface area contributed by atoms with Gasteiger partial charge in [0.25, 0.3) is 0 Å². The van der Waals surface area contributed by atoms with Crippen LogP contribution in [0.25, 0.3) is 10.9 Å². The minimum Gasteiger partial charge on any atom is -0.396 e. The van der Waals surface area contributed by atoms with Crippen molar-refractivity contribution in [1.29, 1.82) is 0 Å². The molecule has 0 spiro atoms. The fourth-order valence-electron chi connectivity index (χ4n) is 2.64. The summed E-state index contributed by atoms with van der Waals surface area (Å²) >= 11 is 13.2. The van der Waals surface area contributed by atoms with Crippen LogP contribution in [0.15, 0.2) is 5.16 Å². The minimum absolute atomic E-state index is 0.0120. The maximum absolute atomic E-state index is 14.4. The Morgan fingerprint density at radius 3 is 2.54 bits per heavy atom. The molecular formula is C14H15Cl2FN4O2S. The number of aliphatic hydroxyl groups is 1. The number of thioether (sulfide) groups is 1. The maximum Gasteiger partial charge on any atom is 0.189 e. The number of aromatic nitrogens is 3. The molecule has 0 saturated carbocycles. The minimum atomic E-state index is -0.729. The second kappa shape index (κ2) is 6.76. The highest BCUT2D eigenvalue weighted by Gasteiger charge is 2.39. The van der Waals surface area contributed by atoms with Gasteiger partial charge in [-0.05, 0) is 6.26 Å². The molecule has 2 aromatic heterocycles. The summed E-state index contributed by atoms with van der Waals surface area (Å²) < 4.78 is 19.6. The molecule has 0 aliphatic carbocycles. The second-order valence-corrected chi connectivity index (χ2v) is 7.26. The molecule has 1 saturated heterocycles. The van der Waals surface area contributed by atoms with Crippen molar-refractivity contribution >= 4 is 51.7 Å². The van der Waals surface area contributed by atoms with E-state index < -0.39 is 5.82 Å². The first kappa shape index (κ1) is 17.9. The highest BCUT2D eigenvalue weighted by Crippen LogP contribution is 2.36. The van der Waals surface area contributed by atoms with E-state index in [2.05, 4.69) is 15.0 Å². The summed E-state index contributed by atoms with van der Waals surface area (Å²) in [6.45, 7) is 1.38. The topological polar surface area (TPSA) is 71.4 Å². The van der Waals surface area contributed by atoms with Gasteiger partial charge in [-0.15, -0.1) is 0 Å². The van der Waals surface area contributed by atoms with Crippen molar-refractivity contribution in [3.63, 3.8) is 0 Å². The Bertz CT molecular complexity index is 786. The van der Waals surface area contributed by atoms with Gasteiger partial charge in [-0.25, -0.2) is 19.3 Å². The third kappa shape index (κ3) is 3.01. The number of anilines is 1. The lowest BCUT2D eigenvalue weighted by Crippen LogP contribution is -2.52. The summed E-state index contributed by atoms with van der Waals surface area (Å²) in [5, 5.41) is 10.0. The number of hydrogen-bond acceptors (Lipinski definition) is 7. The van der Waals surface area contributed by atoms with Crippen molar-refractivity contribution in [2.45, 2.75) is 5.16 Å². The molecule has 0 amide bonds. The number of aliphatic hydroxyl groups excluding tert-OH is 1. The lowest BCUT2D eigenvalue weighted by molar-refractivity contribution is -0.130. The summed E-state index contributed by atoms with van der Waals surface area (Å²) in [7, 11) is 1.80. The highest BCUT2D eigenvalue weighted by atomic mass is 35.5. The third-order valence-electron chi connectivity index (χ3n) is 3.93. The summed E-state index contributed by atoms with van der Waals surface area (Å²) in [5.74, 6) is -0.288. The fraction of sp³-hybridized carbons (Fsp3) is 0.500. The van der Waals surface area contributed by atoms with Crippen LogP contribution < -0.4 is 4.90 Å². The first-order valence-corrected chi connectivity index (χ1v) is 9.05. The Kier molecular flexibility index (Phi) is 5.04. The van der Waals surface area contributed by atoms with Gasteiger partial charge in [0.2, 0.25) is 0 Å². The predicted octanol–water partition coefficient (Wildman–Crippen LogP) is 2.64. The summed E-state index contributed by atoms with van der Waals surface area (Å²) in [5.41, 5.74) is -0.333. The third-order valence-corrected chi connectivity index (χ3v) is 5.00. The molecule has 2 aromatic rings. The number of halogens is 3. The zero-order valence-corrected chi connectivity index (χ0v) is 15.3. The molecule has 10 heteroatoms. The highest BCUT2D eigenvalue weighted by molar-refractivity contribution is 7.98. The Balaban J connectivity index is 2.13. The molecule has 0 bridgehead atoms. The molecule has 0 unspecified atom stereocenters. The van der Waals surface area contributed by atoms with Crippen LogP contribution in [0.2, 0.25) is 10.3 Å².